The van der Waals surface area contributed by atoms with Gasteiger partial charge in [-0.15, -0.1) is 11.6 Å². The highest BCUT2D eigenvalue weighted by Crippen LogP contribution is 2.23. The first-order chi connectivity index (χ1) is 8.98. The van der Waals surface area contributed by atoms with Gasteiger partial charge in [0, 0.05) is 6.54 Å². The molecular formula is C14H18ClNO3. The van der Waals surface area contributed by atoms with Crippen LogP contribution in [0.4, 0.5) is 0 Å². The van der Waals surface area contributed by atoms with Crippen molar-refractivity contribution >= 4 is 17.5 Å². The number of carbonyl (C=O) groups excluding carboxylic acids is 1. The van der Waals surface area contributed by atoms with Crippen LogP contribution in [0.5, 0.6) is 0 Å². The number of ether oxygens (including phenoxy) is 2. The molecule has 19 heavy (non-hydrogen) atoms. The molecule has 0 aromatic heterocycles. The van der Waals surface area contributed by atoms with Crippen LogP contribution in [0.2, 0.25) is 0 Å². The lowest BCUT2D eigenvalue weighted by molar-refractivity contribution is -0.139. The van der Waals surface area contributed by atoms with E-state index in [0.29, 0.717) is 13.2 Å². The normalized spacial score (nSPS) is 23.0. The van der Waals surface area contributed by atoms with Crippen LogP contribution in [0.1, 0.15) is 24.8 Å². The molecule has 104 valence electrons. The Morgan fingerprint density at radius 3 is 2.74 bits per heavy atom. The van der Waals surface area contributed by atoms with Crippen molar-refractivity contribution in [3.63, 3.8) is 0 Å². The van der Waals surface area contributed by atoms with Gasteiger partial charge in [-0.3, -0.25) is 4.79 Å². The molecule has 1 heterocycles. The number of nitrogens with one attached hydrogen (secondary N) is 1. The van der Waals surface area contributed by atoms with Gasteiger partial charge in [-0.2, -0.15) is 0 Å². The highest BCUT2D eigenvalue weighted by Gasteiger charge is 2.33. The van der Waals surface area contributed by atoms with Gasteiger partial charge in [-0.25, -0.2) is 0 Å². The van der Waals surface area contributed by atoms with Crippen LogP contribution in [-0.4, -0.2) is 30.9 Å². The van der Waals surface area contributed by atoms with E-state index < -0.39 is 11.2 Å². The van der Waals surface area contributed by atoms with Crippen LogP contribution in [0, 0.1) is 0 Å². The largest absolute Gasteiger partial charge is 0.352 e. The van der Waals surface area contributed by atoms with E-state index in [-0.39, 0.29) is 12.0 Å². The SMILES string of the molecule is CC1(C)OCC(CNC(=O)C(Cl)c2ccccc2)O1. The Kier molecular flexibility index (Phi) is 4.45. The number of benzene rings is 1. The maximum absolute atomic E-state index is 11.9. The number of hydrogen-bond acceptors (Lipinski definition) is 3. The summed E-state index contributed by atoms with van der Waals surface area (Å²) >= 11 is 6.11. The van der Waals surface area contributed by atoms with Gasteiger partial charge in [-0.05, 0) is 19.4 Å². The highest BCUT2D eigenvalue weighted by molar-refractivity contribution is 6.30. The van der Waals surface area contributed by atoms with E-state index in [1.54, 1.807) is 0 Å². The van der Waals surface area contributed by atoms with E-state index in [2.05, 4.69) is 5.32 Å². The third kappa shape index (κ3) is 3.93. The second-order valence-electron chi connectivity index (χ2n) is 4.97. The van der Waals surface area contributed by atoms with Gasteiger partial charge in [-0.1, -0.05) is 30.3 Å². The quantitative estimate of drug-likeness (QED) is 0.862. The van der Waals surface area contributed by atoms with Gasteiger partial charge < -0.3 is 14.8 Å². The summed E-state index contributed by atoms with van der Waals surface area (Å²) in [5, 5.41) is 2.10. The monoisotopic (exact) mass is 283 g/mol. The van der Waals surface area contributed by atoms with Crippen molar-refractivity contribution in [2.45, 2.75) is 31.1 Å². The third-order valence-electron chi connectivity index (χ3n) is 2.89. The molecule has 0 bridgehead atoms. The van der Waals surface area contributed by atoms with E-state index >= 15 is 0 Å². The number of halogens is 1. The summed E-state index contributed by atoms with van der Waals surface area (Å²) in [6.07, 6.45) is -0.126. The Hall–Kier alpha value is -1.10. The summed E-state index contributed by atoms with van der Waals surface area (Å²) in [6, 6.07) is 9.25. The topological polar surface area (TPSA) is 47.6 Å². The third-order valence-corrected chi connectivity index (χ3v) is 3.34. The predicted molar refractivity (Wildman–Crippen MR) is 72.9 cm³/mol. The summed E-state index contributed by atoms with van der Waals surface area (Å²) in [7, 11) is 0. The zero-order chi connectivity index (χ0) is 13.9. The van der Waals surface area contributed by atoms with Gasteiger partial charge in [0.05, 0.1) is 6.61 Å². The van der Waals surface area contributed by atoms with Gasteiger partial charge in [0.1, 0.15) is 11.5 Å². The molecule has 1 aromatic rings. The van der Waals surface area contributed by atoms with E-state index in [1.807, 2.05) is 44.2 Å². The van der Waals surface area contributed by atoms with Crippen LogP contribution in [-0.2, 0) is 14.3 Å². The molecule has 0 spiro atoms. The maximum Gasteiger partial charge on any atom is 0.242 e. The fraction of sp³-hybridized carbons (Fsp3) is 0.500. The van der Waals surface area contributed by atoms with Crippen LogP contribution < -0.4 is 5.32 Å². The number of amides is 1. The van der Waals surface area contributed by atoms with Crippen molar-refractivity contribution in [1.82, 2.24) is 5.32 Å². The van der Waals surface area contributed by atoms with Gasteiger partial charge in [0.15, 0.2) is 5.79 Å². The van der Waals surface area contributed by atoms with E-state index in [4.69, 9.17) is 21.1 Å². The summed E-state index contributed by atoms with van der Waals surface area (Å²) in [6.45, 7) is 4.58. The van der Waals surface area contributed by atoms with E-state index in [0.717, 1.165) is 5.56 Å². The Labute approximate surface area is 118 Å². The zero-order valence-electron chi connectivity index (χ0n) is 11.1. The summed E-state index contributed by atoms with van der Waals surface area (Å²) < 4.78 is 11.0. The molecule has 2 rings (SSSR count). The summed E-state index contributed by atoms with van der Waals surface area (Å²) in [4.78, 5) is 11.9. The smallest absolute Gasteiger partial charge is 0.242 e. The Morgan fingerprint density at radius 2 is 2.16 bits per heavy atom. The lowest BCUT2D eigenvalue weighted by Crippen LogP contribution is -2.36. The first kappa shape index (κ1) is 14.3. The first-order valence-corrected chi connectivity index (χ1v) is 6.70. The molecule has 0 saturated carbocycles. The van der Waals surface area contributed by atoms with Crippen molar-refractivity contribution < 1.29 is 14.3 Å². The minimum absolute atomic E-state index is 0.126. The van der Waals surface area contributed by atoms with Crippen molar-refractivity contribution in [2.75, 3.05) is 13.2 Å². The van der Waals surface area contributed by atoms with Crippen LogP contribution in [0.15, 0.2) is 30.3 Å². The van der Waals surface area contributed by atoms with E-state index in [9.17, 15) is 4.79 Å². The molecule has 1 fully saturated rings. The lowest BCUT2D eigenvalue weighted by Gasteiger charge is -2.18. The number of rotatable bonds is 4. The fourth-order valence-electron chi connectivity index (χ4n) is 1.94. The average Bonchev–Trinajstić information content (AvgIpc) is 2.76. The molecule has 5 heteroatoms. The van der Waals surface area contributed by atoms with Crippen LogP contribution in [0.25, 0.3) is 0 Å². The number of hydrogen-bond donors (Lipinski definition) is 1. The average molecular weight is 284 g/mol. The molecule has 2 unspecified atom stereocenters. The molecule has 4 nitrogen and oxygen atoms in total. The number of carbonyl (C=O) groups is 1. The zero-order valence-corrected chi connectivity index (χ0v) is 11.8. The van der Waals surface area contributed by atoms with Crippen molar-refractivity contribution in [2.24, 2.45) is 0 Å². The Balaban J connectivity index is 1.82. The van der Waals surface area contributed by atoms with Crippen molar-refractivity contribution in [1.29, 1.82) is 0 Å². The Bertz CT molecular complexity index is 436. The molecule has 1 saturated heterocycles. The first-order valence-electron chi connectivity index (χ1n) is 6.26. The molecule has 1 aromatic carbocycles. The molecule has 1 aliphatic rings. The van der Waals surface area contributed by atoms with Gasteiger partial charge in [0.2, 0.25) is 5.91 Å². The highest BCUT2D eigenvalue weighted by atomic mass is 35.5. The van der Waals surface area contributed by atoms with Crippen LogP contribution >= 0.6 is 11.6 Å². The molecule has 1 aliphatic heterocycles. The van der Waals surface area contributed by atoms with Crippen molar-refractivity contribution in [3.05, 3.63) is 35.9 Å². The molecule has 1 amide bonds. The minimum Gasteiger partial charge on any atom is -0.352 e. The summed E-state index contributed by atoms with van der Waals surface area (Å²) in [5.74, 6) is -0.795. The summed E-state index contributed by atoms with van der Waals surface area (Å²) in [5.41, 5.74) is 0.783. The maximum atomic E-state index is 11.9. The second kappa shape index (κ2) is 5.90. The molecule has 0 aliphatic carbocycles. The number of alkyl halides is 1. The molecule has 2 atom stereocenters. The lowest BCUT2D eigenvalue weighted by atomic mass is 10.1. The van der Waals surface area contributed by atoms with Gasteiger partial charge >= 0.3 is 0 Å². The minimum atomic E-state index is -0.684. The van der Waals surface area contributed by atoms with Crippen molar-refractivity contribution in [3.8, 4) is 0 Å². The fourth-order valence-corrected chi connectivity index (χ4v) is 2.16. The van der Waals surface area contributed by atoms with Gasteiger partial charge in [0.25, 0.3) is 0 Å². The Morgan fingerprint density at radius 1 is 1.47 bits per heavy atom. The molecular weight excluding hydrogens is 266 g/mol. The molecule has 0 radical (unpaired) electrons. The van der Waals surface area contributed by atoms with Crippen LogP contribution in [0.3, 0.4) is 0 Å². The van der Waals surface area contributed by atoms with E-state index in [1.165, 1.54) is 0 Å². The second-order valence-corrected chi connectivity index (χ2v) is 5.41. The molecule has 1 N–H and O–H groups in total. The predicted octanol–water partition coefficient (Wildman–Crippen LogP) is 2.23. The standard InChI is InChI=1S/C14H18ClNO3/c1-14(2)18-9-11(19-14)8-16-13(17)12(15)10-6-4-3-5-7-10/h3-7,11-12H,8-9H2,1-2H3,(H,16,17).